The fourth-order valence-corrected chi connectivity index (χ4v) is 4.00. The number of nitrogens with one attached hydrogen (secondary N) is 1. The Bertz CT molecular complexity index is 243. The zero-order chi connectivity index (χ0) is 11.0. The molecule has 1 heterocycles. The first-order valence-electron chi connectivity index (χ1n) is 6.84. The minimum atomic E-state index is 0.604. The summed E-state index contributed by atoms with van der Waals surface area (Å²) in [6.07, 6.45) is 10.9. The van der Waals surface area contributed by atoms with Crippen LogP contribution in [0.25, 0.3) is 0 Å². The van der Waals surface area contributed by atoms with Crippen molar-refractivity contribution in [3.8, 4) is 0 Å². The summed E-state index contributed by atoms with van der Waals surface area (Å²) in [5.74, 6) is 0. The summed E-state index contributed by atoms with van der Waals surface area (Å²) in [4.78, 5) is 2.70. The van der Waals surface area contributed by atoms with Crippen LogP contribution in [0, 0.1) is 0 Å². The quantitative estimate of drug-likeness (QED) is 0.792. The molecule has 1 aliphatic heterocycles. The van der Waals surface area contributed by atoms with Crippen molar-refractivity contribution in [1.29, 1.82) is 0 Å². The van der Waals surface area contributed by atoms with Gasteiger partial charge in [-0.05, 0) is 38.4 Å². The molecule has 3 heteroatoms. The van der Waals surface area contributed by atoms with Crippen molar-refractivity contribution in [3.63, 3.8) is 0 Å². The first kappa shape index (κ1) is 11.4. The predicted octanol–water partition coefficient (Wildman–Crippen LogP) is 2.10. The number of nitrogens with zero attached hydrogens (tertiary/aromatic N) is 1. The van der Waals surface area contributed by atoms with E-state index in [1.807, 2.05) is 0 Å². The van der Waals surface area contributed by atoms with Gasteiger partial charge in [0, 0.05) is 36.5 Å². The fourth-order valence-electron chi connectivity index (χ4n) is 3.08. The average molecular weight is 240 g/mol. The Hall–Kier alpha value is 0.270. The zero-order valence-corrected chi connectivity index (χ0v) is 11.2. The highest BCUT2D eigenvalue weighted by molar-refractivity contribution is 8.00. The molecular formula is C13H24N2S. The number of hydrogen-bond acceptors (Lipinski definition) is 3. The van der Waals surface area contributed by atoms with Crippen LogP contribution in [-0.4, -0.2) is 47.6 Å². The van der Waals surface area contributed by atoms with Crippen molar-refractivity contribution < 1.29 is 0 Å². The second-order valence-corrected chi connectivity index (χ2v) is 7.11. The SMILES string of the molecule is CSC1(CNC2CCN(C3CC3)C2)CCC1. The highest BCUT2D eigenvalue weighted by atomic mass is 32.2. The molecule has 1 atom stereocenters. The van der Waals surface area contributed by atoms with Crippen molar-refractivity contribution in [3.05, 3.63) is 0 Å². The van der Waals surface area contributed by atoms with Gasteiger partial charge < -0.3 is 5.32 Å². The molecule has 16 heavy (non-hydrogen) atoms. The second-order valence-electron chi connectivity index (χ2n) is 5.83. The summed E-state index contributed by atoms with van der Waals surface area (Å²) in [6.45, 7) is 3.90. The third-order valence-corrected chi connectivity index (χ3v) is 6.11. The van der Waals surface area contributed by atoms with E-state index in [-0.39, 0.29) is 0 Å². The fraction of sp³-hybridized carbons (Fsp3) is 1.00. The topological polar surface area (TPSA) is 15.3 Å². The molecule has 1 saturated heterocycles. The molecule has 0 radical (unpaired) electrons. The molecule has 2 nitrogen and oxygen atoms in total. The highest BCUT2D eigenvalue weighted by Gasteiger charge is 2.38. The van der Waals surface area contributed by atoms with Crippen LogP contribution in [0.4, 0.5) is 0 Å². The molecule has 0 bridgehead atoms. The van der Waals surface area contributed by atoms with E-state index in [4.69, 9.17) is 0 Å². The Morgan fingerprint density at radius 2 is 2.12 bits per heavy atom. The van der Waals surface area contributed by atoms with Gasteiger partial charge in [-0.3, -0.25) is 4.90 Å². The summed E-state index contributed by atoms with van der Waals surface area (Å²) >= 11 is 2.09. The first-order chi connectivity index (χ1) is 7.81. The third-order valence-electron chi connectivity index (χ3n) is 4.69. The molecule has 0 aromatic heterocycles. The van der Waals surface area contributed by atoms with E-state index in [0.29, 0.717) is 4.75 Å². The molecule has 2 saturated carbocycles. The standard InChI is InChI=1S/C13H24N2S/c1-16-13(6-2-7-13)10-14-11-5-8-15(9-11)12-3-4-12/h11-12,14H,2-10H2,1H3. The van der Waals surface area contributed by atoms with Crippen molar-refractivity contribution in [2.45, 2.75) is 55.4 Å². The summed E-state index contributed by atoms with van der Waals surface area (Å²) in [7, 11) is 0. The van der Waals surface area contributed by atoms with Crippen molar-refractivity contribution in [1.82, 2.24) is 10.2 Å². The highest BCUT2D eigenvalue weighted by Crippen LogP contribution is 2.42. The van der Waals surface area contributed by atoms with Crippen LogP contribution in [0.5, 0.6) is 0 Å². The number of thioether (sulfide) groups is 1. The lowest BCUT2D eigenvalue weighted by Gasteiger charge is -2.41. The van der Waals surface area contributed by atoms with Crippen LogP contribution in [0.3, 0.4) is 0 Å². The minimum Gasteiger partial charge on any atom is -0.311 e. The van der Waals surface area contributed by atoms with Gasteiger partial charge in [0.15, 0.2) is 0 Å². The minimum absolute atomic E-state index is 0.604. The van der Waals surface area contributed by atoms with E-state index in [1.54, 1.807) is 0 Å². The maximum absolute atomic E-state index is 3.83. The molecule has 0 aromatic carbocycles. The maximum Gasteiger partial charge on any atom is 0.0281 e. The molecule has 1 unspecified atom stereocenters. The number of rotatable bonds is 5. The average Bonchev–Trinajstić information content (AvgIpc) is 2.98. The van der Waals surface area contributed by atoms with Crippen LogP contribution in [-0.2, 0) is 0 Å². The van der Waals surface area contributed by atoms with Crippen LogP contribution in [0.1, 0.15) is 38.5 Å². The summed E-state index contributed by atoms with van der Waals surface area (Å²) in [5, 5.41) is 3.83. The first-order valence-corrected chi connectivity index (χ1v) is 8.06. The van der Waals surface area contributed by atoms with Crippen molar-refractivity contribution in [2.24, 2.45) is 0 Å². The molecule has 0 amide bonds. The molecule has 2 aliphatic carbocycles. The van der Waals surface area contributed by atoms with Gasteiger partial charge in [-0.15, -0.1) is 0 Å². The smallest absolute Gasteiger partial charge is 0.0281 e. The summed E-state index contributed by atoms with van der Waals surface area (Å²) in [5.41, 5.74) is 0. The molecule has 3 rings (SSSR count). The van der Waals surface area contributed by atoms with Gasteiger partial charge in [0.2, 0.25) is 0 Å². The molecule has 3 aliphatic rings. The molecule has 3 fully saturated rings. The lowest BCUT2D eigenvalue weighted by molar-refractivity contribution is 0.302. The zero-order valence-electron chi connectivity index (χ0n) is 10.4. The van der Waals surface area contributed by atoms with Crippen molar-refractivity contribution >= 4 is 11.8 Å². The van der Waals surface area contributed by atoms with Gasteiger partial charge >= 0.3 is 0 Å². The van der Waals surface area contributed by atoms with Crippen LogP contribution in [0.15, 0.2) is 0 Å². The lowest BCUT2D eigenvalue weighted by atomic mass is 9.84. The summed E-state index contributed by atoms with van der Waals surface area (Å²) < 4.78 is 0.604. The van der Waals surface area contributed by atoms with Crippen LogP contribution < -0.4 is 5.32 Å². The summed E-state index contributed by atoms with van der Waals surface area (Å²) in [6, 6.07) is 1.75. The van der Waals surface area contributed by atoms with Gasteiger partial charge in [-0.2, -0.15) is 11.8 Å². The Morgan fingerprint density at radius 3 is 2.69 bits per heavy atom. The second kappa shape index (κ2) is 4.51. The van der Waals surface area contributed by atoms with Crippen LogP contribution in [0.2, 0.25) is 0 Å². The third kappa shape index (κ3) is 2.27. The Kier molecular flexibility index (Phi) is 3.20. The van der Waals surface area contributed by atoms with E-state index >= 15 is 0 Å². The molecular weight excluding hydrogens is 216 g/mol. The van der Waals surface area contributed by atoms with E-state index < -0.39 is 0 Å². The van der Waals surface area contributed by atoms with Gasteiger partial charge in [0.05, 0.1) is 0 Å². The monoisotopic (exact) mass is 240 g/mol. The van der Waals surface area contributed by atoms with E-state index in [1.165, 1.54) is 58.2 Å². The maximum atomic E-state index is 3.83. The van der Waals surface area contributed by atoms with Gasteiger partial charge in [0.1, 0.15) is 0 Å². The van der Waals surface area contributed by atoms with Gasteiger partial charge in [-0.1, -0.05) is 6.42 Å². The number of hydrogen-bond donors (Lipinski definition) is 1. The number of likely N-dealkylation sites (tertiary alicyclic amines) is 1. The Labute approximate surface area is 104 Å². The van der Waals surface area contributed by atoms with Gasteiger partial charge in [-0.25, -0.2) is 0 Å². The Morgan fingerprint density at radius 1 is 1.31 bits per heavy atom. The molecule has 0 spiro atoms. The van der Waals surface area contributed by atoms with E-state index in [2.05, 4.69) is 28.2 Å². The van der Waals surface area contributed by atoms with Crippen LogP contribution >= 0.6 is 11.8 Å². The molecule has 1 N–H and O–H groups in total. The normalized spacial score (nSPS) is 33.9. The van der Waals surface area contributed by atoms with E-state index in [0.717, 1.165) is 12.1 Å². The predicted molar refractivity (Wildman–Crippen MR) is 71.1 cm³/mol. The van der Waals surface area contributed by atoms with Gasteiger partial charge in [0.25, 0.3) is 0 Å². The Balaban J connectivity index is 1.42. The lowest BCUT2D eigenvalue weighted by Crippen LogP contribution is -2.47. The largest absolute Gasteiger partial charge is 0.311 e. The van der Waals surface area contributed by atoms with Crippen molar-refractivity contribution in [2.75, 3.05) is 25.9 Å². The van der Waals surface area contributed by atoms with E-state index in [9.17, 15) is 0 Å². The molecule has 0 aromatic rings. The molecule has 92 valence electrons.